The van der Waals surface area contributed by atoms with Crippen LogP contribution in [0, 0.1) is 27.9 Å². The highest BCUT2D eigenvalue weighted by atomic mass is 16.6. The first kappa shape index (κ1) is 11.9. The van der Waals surface area contributed by atoms with E-state index < -0.39 is 16.8 Å². The Hall–Kier alpha value is -2.17. The molecule has 1 N–H and O–H groups in total. The Bertz CT molecular complexity index is 581. The summed E-state index contributed by atoms with van der Waals surface area (Å²) in [7, 11) is 0. The SMILES string of the molecule is O=C(O)[C@@H]1[C@@H](c2cccc([N+](=O)[O-])c2)[C@H]2C=C[C@H]1C2. The lowest BCUT2D eigenvalue weighted by atomic mass is 9.78. The molecule has 5 heteroatoms. The molecule has 4 atom stereocenters. The summed E-state index contributed by atoms with van der Waals surface area (Å²) in [6.07, 6.45) is 4.86. The van der Waals surface area contributed by atoms with Crippen LogP contribution in [0.15, 0.2) is 36.4 Å². The number of non-ortho nitro benzene ring substituents is 1. The van der Waals surface area contributed by atoms with Crippen LogP contribution in [0.3, 0.4) is 0 Å². The lowest BCUT2D eigenvalue weighted by molar-refractivity contribution is -0.384. The van der Waals surface area contributed by atoms with E-state index in [0.29, 0.717) is 0 Å². The molecule has 1 aromatic rings. The first-order chi connectivity index (χ1) is 9.08. The third-order valence-electron chi connectivity index (χ3n) is 4.21. The fraction of sp³-hybridized carbons (Fsp3) is 0.357. The van der Waals surface area contributed by atoms with Crippen LogP contribution in [-0.4, -0.2) is 16.0 Å². The van der Waals surface area contributed by atoms with Gasteiger partial charge in [-0.1, -0.05) is 24.3 Å². The van der Waals surface area contributed by atoms with Gasteiger partial charge in [-0.05, 0) is 23.8 Å². The van der Waals surface area contributed by atoms with E-state index in [0.717, 1.165) is 12.0 Å². The molecular weight excluding hydrogens is 246 g/mol. The first-order valence-corrected chi connectivity index (χ1v) is 6.23. The average Bonchev–Trinajstić information content (AvgIpc) is 2.98. The molecule has 1 fully saturated rings. The number of carboxylic acids is 1. The molecule has 0 aliphatic heterocycles. The van der Waals surface area contributed by atoms with Gasteiger partial charge in [0.2, 0.25) is 0 Å². The van der Waals surface area contributed by atoms with Crippen LogP contribution in [0.25, 0.3) is 0 Å². The van der Waals surface area contributed by atoms with E-state index in [9.17, 15) is 20.0 Å². The molecule has 5 nitrogen and oxygen atoms in total. The summed E-state index contributed by atoms with van der Waals surface area (Å²) in [6, 6.07) is 6.36. The van der Waals surface area contributed by atoms with Crippen LogP contribution in [0.2, 0.25) is 0 Å². The number of fused-ring (bicyclic) bond motifs is 2. The molecule has 2 aliphatic carbocycles. The lowest BCUT2D eigenvalue weighted by Gasteiger charge is -2.25. The van der Waals surface area contributed by atoms with Crippen LogP contribution in [0.1, 0.15) is 17.9 Å². The number of allylic oxidation sites excluding steroid dienone is 2. The quantitative estimate of drug-likeness (QED) is 0.514. The Labute approximate surface area is 109 Å². The van der Waals surface area contributed by atoms with Crippen LogP contribution >= 0.6 is 0 Å². The Morgan fingerprint density at radius 1 is 1.32 bits per heavy atom. The van der Waals surface area contributed by atoms with Crippen molar-refractivity contribution in [1.82, 2.24) is 0 Å². The minimum atomic E-state index is -0.812. The van der Waals surface area contributed by atoms with Gasteiger partial charge in [-0.15, -0.1) is 0 Å². The largest absolute Gasteiger partial charge is 0.481 e. The molecule has 3 rings (SSSR count). The fourth-order valence-corrected chi connectivity index (χ4v) is 3.46. The summed E-state index contributed by atoms with van der Waals surface area (Å²) in [5, 5.41) is 20.2. The number of rotatable bonds is 3. The molecule has 0 saturated heterocycles. The second kappa shape index (κ2) is 4.19. The molecule has 0 unspecified atom stereocenters. The number of nitro groups is 1. The third-order valence-corrected chi connectivity index (χ3v) is 4.21. The Morgan fingerprint density at radius 2 is 2.05 bits per heavy atom. The van der Waals surface area contributed by atoms with Crippen LogP contribution in [0.4, 0.5) is 5.69 Å². The van der Waals surface area contributed by atoms with Crippen molar-refractivity contribution in [3.8, 4) is 0 Å². The highest BCUT2D eigenvalue weighted by molar-refractivity contribution is 5.73. The minimum Gasteiger partial charge on any atom is -0.481 e. The monoisotopic (exact) mass is 259 g/mol. The maximum absolute atomic E-state index is 11.4. The Balaban J connectivity index is 2.01. The van der Waals surface area contributed by atoms with Gasteiger partial charge in [0.1, 0.15) is 0 Å². The van der Waals surface area contributed by atoms with E-state index in [1.54, 1.807) is 12.1 Å². The Morgan fingerprint density at radius 3 is 2.74 bits per heavy atom. The molecule has 1 saturated carbocycles. The predicted molar refractivity (Wildman–Crippen MR) is 67.7 cm³/mol. The van der Waals surface area contributed by atoms with Crippen molar-refractivity contribution >= 4 is 11.7 Å². The Kier molecular flexibility index (Phi) is 2.62. The average molecular weight is 259 g/mol. The highest BCUT2D eigenvalue weighted by Crippen LogP contribution is 2.53. The smallest absolute Gasteiger partial charge is 0.307 e. The zero-order valence-electron chi connectivity index (χ0n) is 10.1. The number of nitro benzene ring substituents is 1. The van der Waals surface area contributed by atoms with Crippen LogP contribution in [-0.2, 0) is 4.79 Å². The minimum absolute atomic E-state index is 0.0217. The van der Waals surface area contributed by atoms with E-state index in [4.69, 9.17) is 0 Å². The van der Waals surface area contributed by atoms with Crippen LogP contribution in [0.5, 0.6) is 0 Å². The maximum Gasteiger partial charge on any atom is 0.307 e. The molecule has 1 aromatic carbocycles. The van der Waals surface area contributed by atoms with Gasteiger partial charge >= 0.3 is 5.97 Å². The van der Waals surface area contributed by atoms with Crippen molar-refractivity contribution < 1.29 is 14.8 Å². The summed E-state index contributed by atoms with van der Waals surface area (Å²) in [4.78, 5) is 21.8. The summed E-state index contributed by atoms with van der Waals surface area (Å²) in [5.74, 6) is -1.17. The third kappa shape index (κ3) is 1.82. The lowest BCUT2D eigenvalue weighted by Crippen LogP contribution is -2.25. The zero-order valence-corrected chi connectivity index (χ0v) is 10.1. The molecule has 0 heterocycles. The van der Waals surface area contributed by atoms with Crippen molar-refractivity contribution in [2.75, 3.05) is 0 Å². The van der Waals surface area contributed by atoms with Crippen molar-refractivity contribution in [2.45, 2.75) is 12.3 Å². The van der Waals surface area contributed by atoms with E-state index in [-0.39, 0.29) is 23.4 Å². The number of aliphatic carboxylic acids is 1. The van der Waals surface area contributed by atoms with E-state index in [1.807, 2.05) is 12.2 Å². The van der Waals surface area contributed by atoms with Gasteiger partial charge in [0, 0.05) is 18.1 Å². The second-order valence-corrected chi connectivity index (χ2v) is 5.19. The molecule has 0 amide bonds. The van der Waals surface area contributed by atoms with Gasteiger partial charge < -0.3 is 5.11 Å². The van der Waals surface area contributed by atoms with Crippen LogP contribution < -0.4 is 0 Å². The summed E-state index contributed by atoms with van der Waals surface area (Å²) < 4.78 is 0. The number of carboxylic acid groups (broad SMARTS) is 1. The van der Waals surface area contributed by atoms with E-state index in [2.05, 4.69) is 0 Å². The van der Waals surface area contributed by atoms with Gasteiger partial charge in [0.15, 0.2) is 0 Å². The van der Waals surface area contributed by atoms with Crippen molar-refractivity contribution in [3.63, 3.8) is 0 Å². The highest BCUT2D eigenvalue weighted by Gasteiger charge is 2.49. The number of hydrogen-bond donors (Lipinski definition) is 1. The second-order valence-electron chi connectivity index (χ2n) is 5.19. The number of carbonyl (C=O) groups is 1. The summed E-state index contributed by atoms with van der Waals surface area (Å²) in [5.41, 5.74) is 0.784. The maximum atomic E-state index is 11.4. The van der Waals surface area contributed by atoms with Gasteiger partial charge in [0.25, 0.3) is 5.69 Å². The number of benzene rings is 1. The van der Waals surface area contributed by atoms with Gasteiger partial charge in [-0.2, -0.15) is 0 Å². The van der Waals surface area contributed by atoms with Gasteiger partial charge in [-0.25, -0.2) is 0 Å². The van der Waals surface area contributed by atoms with Gasteiger partial charge in [0.05, 0.1) is 10.8 Å². The van der Waals surface area contributed by atoms with E-state index in [1.165, 1.54) is 12.1 Å². The number of hydrogen-bond acceptors (Lipinski definition) is 3. The molecule has 98 valence electrons. The zero-order chi connectivity index (χ0) is 13.6. The fourth-order valence-electron chi connectivity index (χ4n) is 3.46. The predicted octanol–water partition coefficient (Wildman–Crippen LogP) is 2.59. The standard InChI is InChI=1S/C14H13NO4/c16-14(17)13-10-5-4-9(6-10)12(13)8-2-1-3-11(7-8)15(18)19/h1-5,7,9-10,12-13H,6H2,(H,16,17)/t9-,10-,12-,13-/m0/s1. The van der Waals surface area contributed by atoms with Crippen molar-refractivity contribution in [3.05, 3.63) is 52.1 Å². The molecular formula is C14H13NO4. The van der Waals surface area contributed by atoms with E-state index >= 15 is 0 Å². The summed E-state index contributed by atoms with van der Waals surface area (Å²) >= 11 is 0. The first-order valence-electron chi connectivity index (χ1n) is 6.23. The van der Waals surface area contributed by atoms with Crippen molar-refractivity contribution in [1.29, 1.82) is 0 Å². The molecule has 0 spiro atoms. The molecule has 2 bridgehead atoms. The topological polar surface area (TPSA) is 80.4 Å². The van der Waals surface area contributed by atoms with Gasteiger partial charge in [-0.3, -0.25) is 14.9 Å². The molecule has 19 heavy (non-hydrogen) atoms. The summed E-state index contributed by atoms with van der Waals surface area (Å²) in [6.45, 7) is 0. The molecule has 2 aliphatic rings. The number of nitrogens with zero attached hydrogens (tertiary/aromatic N) is 1. The molecule has 0 aromatic heterocycles. The van der Waals surface area contributed by atoms with Crippen molar-refractivity contribution in [2.24, 2.45) is 17.8 Å². The normalized spacial score (nSPS) is 31.6. The molecule has 0 radical (unpaired) electrons.